The Balaban J connectivity index is 1.09. The zero-order chi connectivity index (χ0) is 26.2. The number of hydrogen-bond acceptors (Lipinski definition) is 6. The molecule has 0 bridgehead atoms. The van der Waals surface area contributed by atoms with Crippen molar-refractivity contribution in [1.82, 2.24) is 9.80 Å². The molecule has 0 unspecified atom stereocenters. The normalized spacial score (nSPS) is 16.3. The fraction of sp³-hybridized carbons (Fsp3) is 0.276. The van der Waals surface area contributed by atoms with Crippen LogP contribution in [0.15, 0.2) is 60.7 Å². The Kier molecular flexibility index (Phi) is 6.19. The first-order valence-electron chi connectivity index (χ1n) is 12.6. The number of carbonyl (C=O) groups excluding carboxylic acids is 3. The molecule has 3 amide bonds. The fourth-order valence-electron chi connectivity index (χ4n) is 5.24. The summed E-state index contributed by atoms with van der Waals surface area (Å²) in [6.45, 7) is 2.39. The third kappa shape index (κ3) is 4.44. The minimum atomic E-state index is -0.414. The van der Waals surface area contributed by atoms with Crippen molar-refractivity contribution in [2.45, 2.75) is 19.4 Å². The molecule has 0 atom stereocenters. The summed E-state index contributed by atoms with van der Waals surface area (Å²) in [5, 5.41) is 0. The van der Waals surface area contributed by atoms with Gasteiger partial charge in [0.1, 0.15) is 5.82 Å². The summed E-state index contributed by atoms with van der Waals surface area (Å²) in [7, 11) is 0. The zero-order valence-corrected chi connectivity index (χ0v) is 20.7. The summed E-state index contributed by atoms with van der Waals surface area (Å²) in [6.07, 6.45) is 1.00. The Bertz CT molecular complexity index is 1430. The molecule has 3 aliphatic heterocycles. The van der Waals surface area contributed by atoms with E-state index in [2.05, 4.69) is 4.90 Å². The van der Waals surface area contributed by atoms with Gasteiger partial charge in [-0.3, -0.25) is 19.3 Å². The van der Waals surface area contributed by atoms with Crippen molar-refractivity contribution < 1.29 is 28.2 Å². The Hall–Kier alpha value is -4.40. The second kappa shape index (κ2) is 9.81. The molecule has 0 aromatic heterocycles. The number of imide groups is 1. The summed E-state index contributed by atoms with van der Waals surface area (Å²) in [6, 6.07) is 16.9. The van der Waals surface area contributed by atoms with Gasteiger partial charge in [0.25, 0.3) is 11.8 Å². The number of nitrogens with zero attached hydrogens (tertiary/aromatic N) is 3. The van der Waals surface area contributed by atoms with E-state index in [1.165, 1.54) is 17.0 Å². The van der Waals surface area contributed by atoms with Crippen LogP contribution in [0.1, 0.15) is 38.3 Å². The molecule has 1 fully saturated rings. The largest absolute Gasteiger partial charge is 0.454 e. The highest BCUT2D eigenvalue weighted by atomic mass is 19.1. The molecule has 0 N–H and O–H groups in total. The second-order valence-electron chi connectivity index (χ2n) is 9.58. The van der Waals surface area contributed by atoms with Gasteiger partial charge in [0, 0.05) is 32.6 Å². The van der Waals surface area contributed by atoms with E-state index in [1.54, 1.807) is 24.3 Å². The number of benzene rings is 3. The minimum absolute atomic E-state index is 0.00912. The highest BCUT2D eigenvalue weighted by Crippen LogP contribution is 2.34. The predicted molar refractivity (Wildman–Crippen MR) is 137 cm³/mol. The summed E-state index contributed by atoms with van der Waals surface area (Å²) < 4.78 is 24.4. The van der Waals surface area contributed by atoms with E-state index in [0.29, 0.717) is 67.1 Å². The number of rotatable bonds is 6. The fourth-order valence-corrected chi connectivity index (χ4v) is 5.24. The van der Waals surface area contributed by atoms with Crippen LogP contribution in [-0.2, 0) is 17.8 Å². The molecule has 3 aromatic carbocycles. The maximum atomic E-state index is 13.6. The van der Waals surface area contributed by atoms with Gasteiger partial charge in [-0.15, -0.1) is 0 Å². The Morgan fingerprint density at radius 2 is 1.63 bits per heavy atom. The van der Waals surface area contributed by atoms with Crippen LogP contribution in [0.4, 0.5) is 10.1 Å². The maximum Gasteiger partial charge on any atom is 0.263 e. The molecule has 0 radical (unpaired) electrons. The van der Waals surface area contributed by atoms with Gasteiger partial charge >= 0.3 is 0 Å². The van der Waals surface area contributed by atoms with Crippen molar-refractivity contribution in [1.29, 1.82) is 0 Å². The number of fused-ring (bicyclic) bond motifs is 2. The van der Waals surface area contributed by atoms with Crippen molar-refractivity contribution in [3.63, 3.8) is 0 Å². The van der Waals surface area contributed by atoms with Crippen molar-refractivity contribution in [3.05, 3.63) is 88.7 Å². The Morgan fingerprint density at radius 1 is 0.842 bits per heavy atom. The lowest BCUT2D eigenvalue weighted by molar-refractivity contribution is -0.131. The first kappa shape index (κ1) is 24.0. The van der Waals surface area contributed by atoms with E-state index in [9.17, 15) is 18.8 Å². The van der Waals surface area contributed by atoms with Crippen LogP contribution in [-0.4, -0.2) is 60.5 Å². The molecule has 0 aliphatic carbocycles. The zero-order valence-electron chi connectivity index (χ0n) is 20.7. The van der Waals surface area contributed by atoms with Crippen molar-refractivity contribution >= 4 is 23.4 Å². The number of carbonyl (C=O) groups is 3. The molecule has 3 aliphatic rings. The van der Waals surface area contributed by atoms with Crippen molar-refractivity contribution in [2.24, 2.45) is 0 Å². The van der Waals surface area contributed by atoms with Gasteiger partial charge in [-0.1, -0.05) is 24.3 Å². The van der Waals surface area contributed by atoms with Gasteiger partial charge in [0.15, 0.2) is 11.5 Å². The number of aryl methyl sites for hydroxylation is 1. The quantitative estimate of drug-likeness (QED) is 0.467. The topological polar surface area (TPSA) is 79.4 Å². The molecule has 38 heavy (non-hydrogen) atoms. The molecule has 1 saturated heterocycles. The average molecular weight is 516 g/mol. The first-order chi connectivity index (χ1) is 18.5. The Morgan fingerprint density at radius 3 is 2.45 bits per heavy atom. The highest BCUT2D eigenvalue weighted by molar-refractivity contribution is 6.23. The number of anilines is 1. The number of amides is 3. The standard InChI is InChI=1S/C29H26FN3O5/c30-21-4-1-3-20(15-21)17-33-28(35)22-5-2-6-23(27(22)29(33)36)31-11-13-32(14-12-31)26(34)10-8-19-7-9-24-25(16-19)38-18-37-24/h1-7,9,15-16H,8,10-14,17-18H2. The average Bonchev–Trinajstić information content (AvgIpc) is 3.50. The first-order valence-corrected chi connectivity index (χ1v) is 12.6. The van der Waals surface area contributed by atoms with Crippen LogP contribution in [0.2, 0.25) is 0 Å². The second-order valence-corrected chi connectivity index (χ2v) is 9.58. The lowest BCUT2D eigenvalue weighted by atomic mass is 10.1. The molecule has 9 heteroatoms. The van der Waals surface area contributed by atoms with Gasteiger partial charge in [-0.25, -0.2) is 4.39 Å². The van der Waals surface area contributed by atoms with Crippen LogP contribution in [0.5, 0.6) is 11.5 Å². The SMILES string of the molecule is O=C(CCc1ccc2c(c1)OCO2)N1CCN(c2cccc3c2C(=O)N(Cc2cccc(F)c2)C3=O)CC1. The lowest BCUT2D eigenvalue weighted by Gasteiger charge is -2.36. The van der Waals surface area contributed by atoms with Gasteiger partial charge in [-0.05, 0) is 53.9 Å². The van der Waals surface area contributed by atoms with Crippen LogP contribution in [0, 0.1) is 5.82 Å². The number of halogens is 1. The van der Waals surface area contributed by atoms with Crippen LogP contribution in [0.3, 0.4) is 0 Å². The van der Waals surface area contributed by atoms with E-state index in [-0.39, 0.29) is 31.1 Å². The Labute approximate surface area is 219 Å². The minimum Gasteiger partial charge on any atom is -0.454 e. The van der Waals surface area contributed by atoms with E-state index < -0.39 is 5.82 Å². The van der Waals surface area contributed by atoms with E-state index in [4.69, 9.17) is 9.47 Å². The van der Waals surface area contributed by atoms with E-state index in [0.717, 1.165) is 11.3 Å². The van der Waals surface area contributed by atoms with Gasteiger partial charge < -0.3 is 19.3 Å². The van der Waals surface area contributed by atoms with Crippen molar-refractivity contribution in [2.75, 3.05) is 37.9 Å². The summed E-state index contributed by atoms with van der Waals surface area (Å²) >= 11 is 0. The molecule has 194 valence electrons. The molecule has 6 rings (SSSR count). The summed E-state index contributed by atoms with van der Waals surface area (Å²) in [4.78, 5) is 44.3. The summed E-state index contributed by atoms with van der Waals surface area (Å²) in [5.41, 5.74) is 2.98. The molecular weight excluding hydrogens is 489 g/mol. The molecule has 0 spiro atoms. The highest BCUT2D eigenvalue weighted by Gasteiger charge is 2.39. The molecule has 3 aromatic rings. The smallest absolute Gasteiger partial charge is 0.263 e. The van der Waals surface area contributed by atoms with E-state index in [1.807, 2.05) is 29.2 Å². The number of ether oxygens (including phenoxy) is 2. The maximum absolute atomic E-state index is 13.6. The van der Waals surface area contributed by atoms with Gasteiger partial charge in [0.05, 0.1) is 23.4 Å². The van der Waals surface area contributed by atoms with Gasteiger partial charge in [-0.2, -0.15) is 0 Å². The van der Waals surface area contributed by atoms with Crippen LogP contribution in [0.25, 0.3) is 0 Å². The summed E-state index contributed by atoms with van der Waals surface area (Å²) in [5.74, 6) is 0.333. The lowest BCUT2D eigenvalue weighted by Crippen LogP contribution is -2.49. The van der Waals surface area contributed by atoms with Crippen molar-refractivity contribution in [3.8, 4) is 11.5 Å². The monoisotopic (exact) mass is 515 g/mol. The molecule has 8 nitrogen and oxygen atoms in total. The third-order valence-corrected chi connectivity index (χ3v) is 7.24. The van der Waals surface area contributed by atoms with Crippen LogP contribution < -0.4 is 14.4 Å². The molecule has 3 heterocycles. The molecule has 0 saturated carbocycles. The van der Waals surface area contributed by atoms with E-state index >= 15 is 0 Å². The predicted octanol–water partition coefficient (Wildman–Crippen LogP) is 3.63. The molecular formula is C29H26FN3O5. The third-order valence-electron chi connectivity index (χ3n) is 7.24. The van der Waals surface area contributed by atoms with Crippen LogP contribution >= 0.6 is 0 Å². The number of hydrogen-bond donors (Lipinski definition) is 0. The van der Waals surface area contributed by atoms with Gasteiger partial charge in [0.2, 0.25) is 12.7 Å². The number of piperazine rings is 1.